The third kappa shape index (κ3) is 5.17. The predicted octanol–water partition coefficient (Wildman–Crippen LogP) is 2.35. The van der Waals surface area contributed by atoms with E-state index in [0.717, 1.165) is 62.6 Å². The zero-order valence-corrected chi connectivity index (χ0v) is 15.4. The lowest BCUT2D eigenvalue weighted by Crippen LogP contribution is -2.45. The van der Waals surface area contributed by atoms with Crippen molar-refractivity contribution in [3.05, 3.63) is 34.9 Å². The van der Waals surface area contributed by atoms with Gasteiger partial charge in [-0.1, -0.05) is 30.2 Å². The molecule has 25 heavy (non-hydrogen) atoms. The highest BCUT2D eigenvalue weighted by Crippen LogP contribution is 2.26. The molecule has 138 valence electrons. The van der Waals surface area contributed by atoms with Crippen LogP contribution in [0.5, 0.6) is 0 Å². The van der Waals surface area contributed by atoms with Gasteiger partial charge in [0.25, 0.3) is 0 Å². The first-order valence-electron chi connectivity index (χ1n) is 9.24. The first kappa shape index (κ1) is 18.6. The van der Waals surface area contributed by atoms with Crippen LogP contribution in [0.25, 0.3) is 0 Å². The second-order valence-corrected chi connectivity index (χ2v) is 7.52. The Balaban J connectivity index is 1.66. The van der Waals surface area contributed by atoms with Crippen LogP contribution >= 0.6 is 11.6 Å². The molecule has 1 amide bonds. The van der Waals surface area contributed by atoms with Gasteiger partial charge in [-0.25, -0.2) is 0 Å². The molecule has 2 fully saturated rings. The summed E-state index contributed by atoms with van der Waals surface area (Å²) in [4.78, 5) is 15.0. The number of amides is 1. The normalized spacial score (nSPS) is 26.2. The smallest absolute Gasteiger partial charge is 0.223 e. The molecule has 1 aromatic carbocycles. The van der Waals surface area contributed by atoms with E-state index in [4.69, 9.17) is 22.1 Å². The average molecular weight is 366 g/mol. The summed E-state index contributed by atoms with van der Waals surface area (Å²) in [5, 5.41) is 3.89. The van der Waals surface area contributed by atoms with Gasteiger partial charge in [-0.2, -0.15) is 0 Å². The van der Waals surface area contributed by atoms with Gasteiger partial charge in [-0.3, -0.25) is 9.69 Å². The molecule has 6 heteroatoms. The van der Waals surface area contributed by atoms with Crippen LogP contribution < -0.4 is 11.1 Å². The van der Waals surface area contributed by atoms with E-state index < -0.39 is 0 Å². The number of hydrogen-bond donors (Lipinski definition) is 2. The highest BCUT2D eigenvalue weighted by Gasteiger charge is 2.28. The molecule has 0 aromatic heterocycles. The molecule has 3 N–H and O–H groups in total. The number of ether oxygens (including phenoxy) is 1. The van der Waals surface area contributed by atoms with Crippen molar-refractivity contribution < 1.29 is 9.53 Å². The first-order valence-corrected chi connectivity index (χ1v) is 9.62. The molecule has 3 atom stereocenters. The van der Waals surface area contributed by atoms with Crippen LogP contribution in [0.1, 0.15) is 37.3 Å². The Morgan fingerprint density at radius 3 is 2.88 bits per heavy atom. The fourth-order valence-corrected chi connectivity index (χ4v) is 4.07. The van der Waals surface area contributed by atoms with Crippen molar-refractivity contribution >= 4 is 17.5 Å². The Morgan fingerprint density at radius 1 is 1.36 bits per heavy atom. The zero-order chi connectivity index (χ0) is 17.6. The number of benzene rings is 1. The summed E-state index contributed by atoms with van der Waals surface area (Å²) in [6.45, 7) is 3.76. The summed E-state index contributed by atoms with van der Waals surface area (Å²) in [5.41, 5.74) is 7.16. The number of nitrogens with two attached hydrogens (primary N) is 1. The highest BCUT2D eigenvalue weighted by molar-refractivity contribution is 6.30. The molecule has 1 heterocycles. The molecule has 5 nitrogen and oxygen atoms in total. The molecular weight excluding hydrogens is 338 g/mol. The summed E-state index contributed by atoms with van der Waals surface area (Å²) >= 11 is 6.18. The molecule has 1 saturated carbocycles. The van der Waals surface area contributed by atoms with E-state index in [9.17, 15) is 4.79 Å². The van der Waals surface area contributed by atoms with E-state index in [0.29, 0.717) is 6.54 Å². The Labute approximate surface area is 154 Å². The molecule has 1 aliphatic heterocycles. The molecule has 3 unspecified atom stereocenters. The van der Waals surface area contributed by atoms with E-state index in [1.807, 2.05) is 18.2 Å². The molecule has 1 aliphatic carbocycles. The van der Waals surface area contributed by atoms with Crippen molar-refractivity contribution in [2.24, 2.45) is 11.7 Å². The van der Waals surface area contributed by atoms with Crippen LogP contribution in [0.2, 0.25) is 5.02 Å². The summed E-state index contributed by atoms with van der Waals surface area (Å²) in [5.74, 6) is 0.184. The molecule has 3 rings (SSSR count). The van der Waals surface area contributed by atoms with Gasteiger partial charge >= 0.3 is 0 Å². The fourth-order valence-electron chi connectivity index (χ4n) is 3.87. The van der Waals surface area contributed by atoms with Gasteiger partial charge in [0.1, 0.15) is 0 Å². The van der Waals surface area contributed by atoms with Crippen molar-refractivity contribution in [1.29, 1.82) is 0 Å². The lowest BCUT2D eigenvalue weighted by Gasteiger charge is -2.35. The molecule has 0 bridgehead atoms. The number of nitrogens with one attached hydrogen (secondary N) is 1. The van der Waals surface area contributed by atoms with E-state index in [1.165, 1.54) is 0 Å². The number of carbonyl (C=O) groups excluding carboxylic acids is 1. The standard InChI is InChI=1S/C19H28ClN3O2/c20-16-5-1-3-14(11-16)18(23-7-9-25-10-8-23)13-22-19(24)15-4-2-6-17(21)12-15/h1,3,5,11,15,17-18H,2,4,6-10,12-13,21H2,(H,22,24). The number of rotatable bonds is 5. The van der Waals surface area contributed by atoms with Crippen molar-refractivity contribution in [3.8, 4) is 0 Å². The van der Waals surface area contributed by atoms with Crippen LogP contribution in [0.15, 0.2) is 24.3 Å². The van der Waals surface area contributed by atoms with Gasteiger partial charge in [0.05, 0.1) is 19.3 Å². The van der Waals surface area contributed by atoms with Crippen LogP contribution in [-0.4, -0.2) is 49.7 Å². The van der Waals surface area contributed by atoms with Crippen molar-refractivity contribution in [2.45, 2.75) is 37.8 Å². The third-order valence-corrected chi connectivity index (χ3v) is 5.51. The molecule has 1 aromatic rings. The number of morpholine rings is 1. The molecular formula is C19H28ClN3O2. The first-order chi connectivity index (χ1) is 12.1. The van der Waals surface area contributed by atoms with Crippen molar-refractivity contribution in [2.75, 3.05) is 32.8 Å². The molecule has 1 saturated heterocycles. The highest BCUT2D eigenvalue weighted by atomic mass is 35.5. The SMILES string of the molecule is NC1CCCC(C(=O)NCC(c2cccc(Cl)c2)N2CCOCC2)C1. The van der Waals surface area contributed by atoms with Crippen molar-refractivity contribution in [1.82, 2.24) is 10.2 Å². The topological polar surface area (TPSA) is 67.6 Å². The van der Waals surface area contributed by atoms with E-state index in [2.05, 4.69) is 16.3 Å². The second-order valence-electron chi connectivity index (χ2n) is 7.09. The fraction of sp³-hybridized carbons (Fsp3) is 0.632. The Morgan fingerprint density at radius 2 is 2.16 bits per heavy atom. The van der Waals surface area contributed by atoms with Crippen LogP contribution in [0.3, 0.4) is 0 Å². The maximum absolute atomic E-state index is 12.6. The maximum atomic E-state index is 12.6. The minimum absolute atomic E-state index is 0.0495. The van der Waals surface area contributed by atoms with Gasteiger partial charge in [-0.05, 0) is 37.0 Å². The number of hydrogen-bond acceptors (Lipinski definition) is 4. The Hall–Kier alpha value is -1.14. The zero-order valence-electron chi connectivity index (χ0n) is 14.6. The predicted molar refractivity (Wildman–Crippen MR) is 99.5 cm³/mol. The number of carbonyl (C=O) groups is 1. The maximum Gasteiger partial charge on any atom is 0.223 e. The lowest BCUT2D eigenvalue weighted by atomic mass is 9.85. The molecule has 0 radical (unpaired) electrons. The van der Waals surface area contributed by atoms with Gasteiger partial charge in [0, 0.05) is 36.6 Å². The monoisotopic (exact) mass is 365 g/mol. The van der Waals surface area contributed by atoms with E-state index in [1.54, 1.807) is 0 Å². The van der Waals surface area contributed by atoms with Crippen LogP contribution in [-0.2, 0) is 9.53 Å². The van der Waals surface area contributed by atoms with Gasteiger partial charge in [-0.15, -0.1) is 0 Å². The number of nitrogens with zero attached hydrogens (tertiary/aromatic N) is 1. The van der Waals surface area contributed by atoms with Gasteiger partial charge in [0.2, 0.25) is 5.91 Å². The van der Waals surface area contributed by atoms with Gasteiger partial charge < -0.3 is 15.8 Å². The molecule has 0 spiro atoms. The van der Waals surface area contributed by atoms with Crippen LogP contribution in [0.4, 0.5) is 0 Å². The second kappa shape index (κ2) is 8.99. The summed E-state index contributed by atoms with van der Waals surface area (Å²) in [6, 6.07) is 8.19. The van der Waals surface area contributed by atoms with Crippen molar-refractivity contribution in [3.63, 3.8) is 0 Å². The Kier molecular flexibility index (Phi) is 6.70. The minimum atomic E-state index is 0.0495. The summed E-state index contributed by atoms with van der Waals surface area (Å²) in [7, 11) is 0. The lowest BCUT2D eigenvalue weighted by molar-refractivity contribution is -0.126. The summed E-state index contributed by atoms with van der Waals surface area (Å²) in [6.07, 6.45) is 3.81. The average Bonchev–Trinajstić information content (AvgIpc) is 2.63. The number of halogens is 1. The van der Waals surface area contributed by atoms with E-state index >= 15 is 0 Å². The minimum Gasteiger partial charge on any atom is -0.379 e. The summed E-state index contributed by atoms with van der Waals surface area (Å²) < 4.78 is 5.47. The third-order valence-electron chi connectivity index (χ3n) is 5.28. The van der Waals surface area contributed by atoms with Gasteiger partial charge in [0.15, 0.2) is 0 Å². The quantitative estimate of drug-likeness (QED) is 0.840. The van der Waals surface area contributed by atoms with Crippen LogP contribution in [0, 0.1) is 5.92 Å². The largest absolute Gasteiger partial charge is 0.379 e. The van der Waals surface area contributed by atoms with E-state index in [-0.39, 0.29) is 23.9 Å². The molecule has 2 aliphatic rings. The Bertz CT molecular complexity index is 578.